The van der Waals surface area contributed by atoms with Gasteiger partial charge in [-0.2, -0.15) is 0 Å². The van der Waals surface area contributed by atoms with Crippen molar-refractivity contribution < 1.29 is 13.2 Å². The highest BCUT2D eigenvalue weighted by molar-refractivity contribution is 9.10. The number of methoxy groups -OCH3 is 1. The number of ether oxygens (including phenoxy) is 1. The summed E-state index contributed by atoms with van der Waals surface area (Å²) in [6.07, 6.45) is 2.10. The number of hydrogen-bond donors (Lipinski definition) is 1. The van der Waals surface area contributed by atoms with Gasteiger partial charge in [0.2, 0.25) is 0 Å². The fourth-order valence-corrected chi connectivity index (χ4v) is 2.47. The van der Waals surface area contributed by atoms with Crippen LogP contribution in [0.4, 0.5) is 5.82 Å². The van der Waals surface area contributed by atoms with Gasteiger partial charge in [-0.1, -0.05) is 6.92 Å². The van der Waals surface area contributed by atoms with Gasteiger partial charge in [-0.15, -0.1) is 0 Å². The lowest BCUT2D eigenvalue weighted by Gasteiger charge is -2.12. The number of halogens is 1. The Balaban J connectivity index is 3.14. The van der Waals surface area contributed by atoms with Gasteiger partial charge in [0.15, 0.2) is 9.84 Å². The molecule has 0 bridgehead atoms. The largest absolute Gasteiger partial charge is 0.378 e. The van der Waals surface area contributed by atoms with E-state index >= 15 is 0 Å². The van der Waals surface area contributed by atoms with Crippen molar-refractivity contribution in [2.45, 2.75) is 25.7 Å². The molecule has 0 saturated carbocycles. The molecular weight excluding hydrogens is 334 g/mol. The minimum Gasteiger partial charge on any atom is -0.378 e. The van der Waals surface area contributed by atoms with Crippen LogP contribution in [0.5, 0.6) is 0 Å². The zero-order valence-corrected chi connectivity index (χ0v) is 13.6. The average Bonchev–Trinajstić information content (AvgIpc) is 2.29. The molecule has 6 nitrogen and oxygen atoms in total. The van der Waals surface area contributed by atoms with E-state index in [0.29, 0.717) is 22.6 Å². The van der Waals surface area contributed by atoms with E-state index in [1.165, 1.54) is 0 Å². The van der Waals surface area contributed by atoms with E-state index in [1.807, 2.05) is 6.92 Å². The summed E-state index contributed by atoms with van der Waals surface area (Å²) in [7, 11) is -1.61. The molecule has 8 heteroatoms. The molecule has 0 amide bonds. The van der Waals surface area contributed by atoms with Gasteiger partial charge in [0.1, 0.15) is 17.4 Å². The molecular formula is C11H18BrN3O3S. The quantitative estimate of drug-likeness (QED) is 0.805. The van der Waals surface area contributed by atoms with E-state index in [4.69, 9.17) is 4.74 Å². The molecule has 1 aromatic heterocycles. The third kappa shape index (κ3) is 5.42. The minimum atomic E-state index is -3.17. The molecule has 19 heavy (non-hydrogen) atoms. The molecule has 1 heterocycles. The molecule has 0 spiro atoms. The van der Waals surface area contributed by atoms with Gasteiger partial charge in [-0.3, -0.25) is 0 Å². The first-order chi connectivity index (χ1) is 8.87. The minimum absolute atomic E-state index is 0.183. The van der Waals surface area contributed by atoms with E-state index in [2.05, 4.69) is 31.2 Å². The van der Waals surface area contributed by atoms with Crippen LogP contribution in [0.25, 0.3) is 0 Å². The number of hydrogen-bond acceptors (Lipinski definition) is 6. The Bertz CT molecular complexity index is 534. The van der Waals surface area contributed by atoms with Gasteiger partial charge < -0.3 is 10.1 Å². The molecule has 1 aromatic rings. The topological polar surface area (TPSA) is 81.2 Å². The smallest absolute Gasteiger partial charge is 0.154 e. The standard InChI is InChI=1S/C11H18BrN3O3S/c1-4-5-13-11-10(12)8(6-18-2)14-9(15-11)7-19(3,16)17/h4-7H2,1-3H3,(H,13,14,15). The summed E-state index contributed by atoms with van der Waals surface area (Å²) >= 11 is 3.41. The Hall–Kier alpha value is -0.730. The maximum Gasteiger partial charge on any atom is 0.154 e. The zero-order chi connectivity index (χ0) is 14.5. The molecule has 1 N–H and O–H groups in total. The molecule has 0 fully saturated rings. The normalized spacial score (nSPS) is 11.6. The zero-order valence-electron chi connectivity index (χ0n) is 11.2. The first-order valence-corrected chi connectivity index (χ1v) is 8.68. The fraction of sp³-hybridized carbons (Fsp3) is 0.636. The summed E-state index contributed by atoms with van der Waals surface area (Å²) in [5, 5.41) is 3.14. The van der Waals surface area contributed by atoms with Gasteiger partial charge in [0.05, 0.1) is 16.8 Å². The van der Waals surface area contributed by atoms with Gasteiger partial charge in [-0.25, -0.2) is 18.4 Å². The monoisotopic (exact) mass is 351 g/mol. The second kappa shape index (κ2) is 7.16. The molecule has 108 valence electrons. The van der Waals surface area contributed by atoms with Crippen LogP contribution in [0.1, 0.15) is 24.9 Å². The second-order valence-corrected chi connectivity index (χ2v) is 7.11. The van der Waals surface area contributed by atoms with Crippen molar-refractivity contribution in [1.29, 1.82) is 0 Å². The maximum absolute atomic E-state index is 11.3. The van der Waals surface area contributed by atoms with Crippen LogP contribution in [-0.4, -0.2) is 38.3 Å². The summed E-state index contributed by atoms with van der Waals surface area (Å²) in [4.78, 5) is 8.45. The first kappa shape index (κ1) is 16.3. The van der Waals surface area contributed by atoms with E-state index in [9.17, 15) is 8.42 Å². The molecule has 0 unspecified atom stereocenters. The SMILES string of the molecule is CCCNc1nc(CS(C)(=O)=O)nc(COC)c1Br. The molecule has 0 aliphatic rings. The van der Waals surface area contributed by atoms with Gasteiger partial charge in [0.25, 0.3) is 0 Å². The summed E-state index contributed by atoms with van der Waals surface area (Å²) in [5.74, 6) is 0.691. The van der Waals surface area contributed by atoms with Crippen molar-refractivity contribution in [3.05, 3.63) is 16.0 Å². The lowest BCUT2D eigenvalue weighted by molar-refractivity contribution is 0.180. The molecule has 1 rings (SSSR count). The van der Waals surface area contributed by atoms with Crippen molar-refractivity contribution in [2.24, 2.45) is 0 Å². The number of aromatic nitrogens is 2. The van der Waals surface area contributed by atoms with Crippen molar-refractivity contribution in [1.82, 2.24) is 9.97 Å². The Morgan fingerprint density at radius 3 is 2.58 bits per heavy atom. The third-order valence-electron chi connectivity index (χ3n) is 2.18. The lowest BCUT2D eigenvalue weighted by Crippen LogP contribution is -2.12. The molecule has 0 aliphatic heterocycles. The number of sulfone groups is 1. The van der Waals surface area contributed by atoms with Crippen LogP contribution in [0, 0.1) is 0 Å². The van der Waals surface area contributed by atoms with Gasteiger partial charge in [-0.05, 0) is 22.4 Å². The van der Waals surface area contributed by atoms with Gasteiger partial charge >= 0.3 is 0 Å². The van der Waals surface area contributed by atoms with E-state index < -0.39 is 9.84 Å². The number of nitrogens with one attached hydrogen (secondary N) is 1. The van der Waals surface area contributed by atoms with Crippen LogP contribution in [-0.2, 0) is 26.9 Å². The predicted molar refractivity (Wildman–Crippen MR) is 77.8 cm³/mol. The molecule has 0 aliphatic carbocycles. The van der Waals surface area contributed by atoms with Crippen LogP contribution in [0.3, 0.4) is 0 Å². The number of anilines is 1. The Morgan fingerprint density at radius 2 is 2.05 bits per heavy atom. The second-order valence-electron chi connectivity index (χ2n) is 4.18. The highest BCUT2D eigenvalue weighted by atomic mass is 79.9. The lowest BCUT2D eigenvalue weighted by atomic mass is 10.3. The van der Waals surface area contributed by atoms with Crippen LogP contribution >= 0.6 is 15.9 Å². The fourth-order valence-electron chi connectivity index (χ4n) is 1.44. The highest BCUT2D eigenvalue weighted by Crippen LogP contribution is 2.24. The Morgan fingerprint density at radius 1 is 1.37 bits per heavy atom. The summed E-state index contributed by atoms with van der Waals surface area (Å²) in [5.41, 5.74) is 0.634. The van der Waals surface area contributed by atoms with Crippen LogP contribution in [0.2, 0.25) is 0 Å². The molecule has 0 aromatic carbocycles. The van der Waals surface area contributed by atoms with E-state index in [-0.39, 0.29) is 11.6 Å². The summed E-state index contributed by atoms with van der Waals surface area (Å²) in [6, 6.07) is 0. The van der Waals surface area contributed by atoms with Gasteiger partial charge in [0, 0.05) is 19.9 Å². The van der Waals surface area contributed by atoms with Crippen LogP contribution in [0.15, 0.2) is 4.47 Å². The van der Waals surface area contributed by atoms with E-state index in [0.717, 1.165) is 19.2 Å². The van der Waals surface area contributed by atoms with Crippen molar-refractivity contribution in [3.63, 3.8) is 0 Å². The summed E-state index contributed by atoms with van der Waals surface area (Å²) in [6.45, 7) is 3.08. The van der Waals surface area contributed by atoms with E-state index in [1.54, 1.807) is 7.11 Å². The highest BCUT2D eigenvalue weighted by Gasteiger charge is 2.15. The number of nitrogens with zero attached hydrogens (tertiary/aromatic N) is 2. The number of rotatable bonds is 7. The third-order valence-corrected chi connectivity index (χ3v) is 3.80. The Labute approximate surface area is 122 Å². The van der Waals surface area contributed by atoms with Crippen molar-refractivity contribution >= 4 is 31.6 Å². The Kier molecular flexibility index (Phi) is 6.15. The van der Waals surface area contributed by atoms with Crippen molar-refractivity contribution in [3.8, 4) is 0 Å². The van der Waals surface area contributed by atoms with Crippen molar-refractivity contribution in [2.75, 3.05) is 25.2 Å². The molecule has 0 saturated heterocycles. The van der Waals surface area contributed by atoms with Crippen LogP contribution < -0.4 is 5.32 Å². The predicted octanol–water partition coefficient (Wildman–Crippen LogP) is 1.75. The summed E-state index contributed by atoms with van der Waals surface area (Å²) < 4.78 is 28.4. The first-order valence-electron chi connectivity index (χ1n) is 5.83. The average molecular weight is 352 g/mol. The maximum atomic E-state index is 11.3. The molecule has 0 atom stereocenters. The molecule has 0 radical (unpaired) electrons.